The van der Waals surface area contributed by atoms with E-state index in [0.29, 0.717) is 47.8 Å². The molecule has 0 fully saturated rings. The Morgan fingerprint density at radius 2 is 1.85 bits per heavy atom. The Labute approximate surface area is 246 Å². The molecule has 2 N–H and O–H groups in total. The number of carbonyl (C=O) groups excluding carboxylic acids is 1. The van der Waals surface area contributed by atoms with Gasteiger partial charge in [-0.1, -0.05) is 47.7 Å². The SMILES string of the molecule is COc1ccc([C@H]2C(C(=O)Nc3ccccc3)=C(C)N=c3s/c(=C\c4ccc(OCC(=O)O)c(Br)c4)c(=O)n32)cc1. The number of allylic oxidation sites excluding steroid dienone is 1. The zero-order valence-corrected chi connectivity index (χ0v) is 24.4. The molecule has 11 heteroatoms. The van der Waals surface area contributed by atoms with Crippen molar-refractivity contribution in [2.24, 2.45) is 4.99 Å². The Morgan fingerprint density at radius 3 is 2.51 bits per heavy atom. The van der Waals surface area contributed by atoms with Gasteiger partial charge in [-0.15, -0.1) is 0 Å². The van der Waals surface area contributed by atoms with Gasteiger partial charge in [0.1, 0.15) is 11.5 Å². The lowest BCUT2D eigenvalue weighted by molar-refractivity contribution is -0.139. The van der Waals surface area contributed by atoms with Crippen LogP contribution < -0.4 is 29.7 Å². The van der Waals surface area contributed by atoms with Gasteiger partial charge in [-0.25, -0.2) is 9.79 Å². The lowest BCUT2D eigenvalue weighted by Gasteiger charge is -2.25. The van der Waals surface area contributed by atoms with Crippen molar-refractivity contribution in [1.82, 2.24) is 4.57 Å². The monoisotopic (exact) mass is 633 g/mol. The maximum absolute atomic E-state index is 13.9. The Kier molecular flexibility index (Phi) is 8.18. The summed E-state index contributed by atoms with van der Waals surface area (Å²) in [6.07, 6.45) is 1.73. The Hall–Kier alpha value is -4.48. The number of halogens is 1. The fourth-order valence-electron chi connectivity index (χ4n) is 4.45. The quantitative estimate of drug-likeness (QED) is 0.301. The summed E-state index contributed by atoms with van der Waals surface area (Å²) in [6, 6.07) is 20.7. The average molecular weight is 635 g/mol. The number of amides is 1. The smallest absolute Gasteiger partial charge is 0.341 e. The van der Waals surface area contributed by atoms with Crippen LogP contribution in [-0.4, -0.2) is 35.3 Å². The maximum atomic E-state index is 13.9. The van der Waals surface area contributed by atoms with Crippen LogP contribution >= 0.6 is 27.3 Å². The molecule has 0 unspecified atom stereocenters. The van der Waals surface area contributed by atoms with Crippen molar-refractivity contribution >= 4 is 50.9 Å². The van der Waals surface area contributed by atoms with Crippen molar-refractivity contribution in [3.05, 3.63) is 119 Å². The number of thiazole rings is 1. The third-order valence-corrected chi connectivity index (χ3v) is 7.94. The molecule has 0 saturated carbocycles. The molecule has 0 saturated heterocycles. The number of rotatable bonds is 8. The van der Waals surface area contributed by atoms with Gasteiger partial charge < -0.3 is 19.9 Å². The molecule has 0 radical (unpaired) electrons. The lowest BCUT2D eigenvalue weighted by Crippen LogP contribution is -2.40. The second-order valence-corrected chi connectivity index (χ2v) is 10.9. The van der Waals surface area contributed by atoms with Crippen LogP contribution in [-0.2, 0) is 9.59 Å². The minimum Gasteiger partial charge on any atom is -0.497 e. The molecule has 5 rings (SSSR count). The second kappa shape index (κ2) is 11.9. The van der Waals surface area contributed by atoms with E-state index < -0.39 is 18.6 Å². The van der Waals surface area contributed by atoms with Gasteiger partial charge in [0.15, 0.2) is 11.4 Å². The first-order valence-corrected chi connectivity index (χ1v) is 14.0. The van der Waals surface area contributed by atoms with E-state index in [2.05, 4.69) is 26.2 Å². The molecule has 0 bridgehead atoms. The second-order valence-electron chi connectivity index (χ2n) is 9.05. The predicted octanol–water partition coefficient (Wildman–Crippen LogP) is 4.11. The van der Waals surface area contributed by atoms with Gasteiger partial charge in [0.05, 0.1) is 33.4 Å². The lowest BCUT2D eigenvalue weighted by atomic mass is 9.95. The minimum atomic E-state index is -1.08. The van der Waals surface area contributed by atoms with E-state index in [-0.39, 0.29) is 11.5 Å². The number of carboxylic acids is 1. The number of fused-ring (bicyclic) bond motifs is 1. The molecule has 41 heavy (non-hydrogen) atoms. The largest absolute Gasteiger partial charge is 0.497 e. The minimum absolute atomic E-state index is 0.297. The van der Waals surface area contributed by atoms with Crippen LogP contribution in [0.4, 0.5) is 5.69 Å². The highest BCUT2D eigenvalue weighted by atomic mass is 79.9. The summed E-state index contributed by atoms with van der Waals surface area (Å²) in [7, 11) is 1.57. The number of carbonyl (C=O) groups is 2. The van der Waals surface area contributed by atoms with E-state index in [4.69, 9.17) is 14.6 Å². The Balaban J connectivity index is 1.60. The van der Waals surface area contributed by atoms with E-state index >= 15 is 0 Å². The van der Waals surface area contributed by atoms with Gasteiger partial charge in [0, 0.05) is 5.69 Å². The van der Waals surface area contributed by atoms with E-state index in [1.165, 1.54) is 11.3 Å². The summed E-state index contributed by atoms with van der Waals surface area (Å²) in [4.78, 5) is 43.5. The summed E-state index contributed by atoms with van der Waals surface area (Å²) in [5, 5.41) is 11.8. The normalized spacial score (nSPS) is 14.7. The van der Waals surface area contributed by atoms with Crippen molar-refractivity contribution in [2.75, 3.05) is 19.0 Å². The number of nitrogens with zero attached hydrogens (tertiary/aromatic N) is 2. The van der Waals surface area contributed by atoms with Crippen LogP contribution in [0.1, 0.15) is 24.1 Å². The van der Waals surface area contributed by atoms with E-state index in [1.807, 2.05) is 30.3 Å². The maximum Gasteiger partial charge on any atom is 0.341 e. The molecule has 0 aliphatic carbocycles. The molecule has 1 amide bonds. The fourth-order valence-corrected chi connectivity index (χ4v) is 6.01. The van der Waals surface area contributed by atoms with Crippen LogP contribution in [0, 0.1) is 0 Å². The highest BCUT2D eigenvalue weighted by Crippen LogP contribution is 2.32. The first-order chi connectivity index (χ1) is 19.7. The molecule has 208 valence electrons. The van der Waals surface area contributed by atoms with Crippen molar-refractivity contribution in [3.8, 4) is 11.5 Å². The van der Waals surface area contributed by atoms with E-state index in [9.17, 15) is 14.4 Å². The van der Waals surface area contributed by atoms with Crippen LogP contribution in [0.2, 0.25) is 0 Å². The topological polar surface area (TPSA) is 119 Å². The number of hydrogen-bond donors (Lipinski definition) is 2. The van der Waals surface area contributed by atoms with E-state index in [1.54, 1.807) is 67.1 Å². The molecule has 3 aromatic carbocycles. The number of benzene rings is 3. The number of aromatic nitrogens is 1. The molecule has 2 heterocycles. The summed E-state index contributed by atoms with van der Waals surface area (Å²) >= 11 is 4.62. The third kappa shape index (κ3) is 6.01. The average Bonchev–Trinajstić information content (AvgIpc) is 3.26. The molecular weight excluding hydrogens is 610 g/mol. The number of aliphatic carboxylic acids is 1. The number of carboxylic acid groups (broad SMARTS) is 1. The van der Waals surface area contributed by atoms with Crippen molar-refractivity contribution in [1.29, 1.82) is 0 Å². The number of methoxy groups -OCH3 is 1. The van der Waals surface area contributed by atoms with Gasteiger partial charge in [0.2, 0.25) is 0 Å². The summed E-state index contributed by atoms with van der Waals surface area (Å²) in [6.45, 7) is 1.29. The van der Waals surface area contributed by atoms with Crippen molar-refractivity contribution in [3.63, 3.8) is 0 Å². The molecule has 0 spiro atoms. The molecule has 1 aromatic heterocycles. The van der Waals surface area contributed by atoms with Crippen LogP contribution in [0.15, 0.2) is 98.3 Å². The Bertz CT molecular complexity index is 1850. The molecule has 1 aliphatic heterocycles. The summed E-state index contributed by atoms with van der Waals surface area (Å²) < 4.78 is 13.1. The zero-order valence-electron chi connectivity index (χ0n) is 22.0. The van der Waals surface area contributed by atoms with E-state index in [0.717, 1.165) is 5.56 Å². The predicted molar refractivity (Wildman–Crippen MR) is 159 cm³/mol. The van der Waals surface area contributed by atoms with Crippen LogP contribution in [0.3, 0.4) is 0 Å². The fraction of sp³-hybridized carbons (Fsp3) is 0.133. The van der Waals surface area contributed by atoms with Crippen LogP contribution in [0.5, 0.6) is 11.5 Å². The number of hydrogen-bond acceptors (Lipinski definition) is 7. The zero-order chi connectivity index (χ0) is 29.1. The van der Waals surface area contributed by atoms with Gasteiger partial charge in [0.25, 0.3) is 11.5 Å². The first-order valence-electron chi connectivity index (χ1n) is 12.4. The Morgan fingerprint density at radius 1 is 1.12 bits per heavy atom. The van der Waals surface area contributed by atoms with Crippen molar-refractivity contribution < 1.29 is 24.2 Å². The first kappa shape index (κ1) is 28.1. The standard InChI is InChI=1S/C30H24BrN3O6S/c1-17-26(28(37)33-20-6-4-3-5-7-20)27(19-9-11-21(39-2)12-10-19)34-29(38)24(41-30(34)32-17)15-18-8-13-23(22(31)14-18)40-16-25(35)36/h3-15,27H,16H2,1-2H3,(H,33,37)(H,35,36)/b24-15-/t27-/m0/s1. The molecule has 4 aromatic rings. The summed E-state index contributed by atoms with van der Waals surface area (Å²) in [5.74, 6) is -0.414. The number of ether oxygens (including phenoxy) is 2. The molecule has 1 aliphatic rings. The van der Waals surface area contributed by atoms with Gasteiger partial charge in [-0.2, -0.15) is 0 Å². The molecule has 1 atom stereocenters. The van der Waals surface area contributed by atoms with Crippen LogP contribution in [0.25, 0.3) is 6.08 Å². The number of nitrogens with one attached hydrogen (secondary N) is 1. The van der Waals surface area contributed by atoms with Crippen molar-refractivity contribution in [2.45, 2.75) is 13.0 Å². The van der Waals surface area contributed by atoms with Gasteiger partial charge in [-0.3, -0.25) is 14.2 Å². The highest BCUT2D eigenvalue weighted by Gasteiger charge is 2.32. The van der Waals surface area contributed by atoms with Gasteiger partial charge in [-0.05, 0) is 76.5 Å². The third-order valence-electron chi connectivity index (χ3n) is 6.33. The molecular formula is C30H24BrN3O6S. The highest BCUT2D eigenvalue weighted by molar-refractivity contribution is 9.10. The number of anilines is 1. The summed E-state index contributed by atoms with van der Waals surface area (Å²) in [5.41, 5.74) is 2.63. The number of para-hydroxylation sites is 1. The molecule has 9 nitrogen and oxygen atoms in total. The van der Waals surface area contributed by atoms with Gasteiger partial charge >= 0.3 is 5.97 Å².